The van der Waals surface area contributed by atoms with E-state index in [1.807, 2.05) is 16.9 Å². The fraction of sp³-hybridized carbons (Fsp3) is 0.667. The van der Waals surface area contributed by atoms with Crippen LogP contribution in [0.4, 0.5) is 0 Å². The summed E-state index contributed by atoms with van der Waals surface area (Å²) >= 11 is 0. The minimum atomic E-state index is 0.0532. The van der Waals surface area contributed by atoms with Gasteiger partial charge in [0.05, 0.1) is 12.3 Å². The zero-order chi connectivity index (χ0) is 8.39. The van der Waals surface area contributed by atoms with E-state index >= 15 is 0 Å². The van der Waals surface area contributed by atoms with Gasteiger partial charge in [0.25, 0.3) is 0 Å². The molecule has 0 aromatic carbocycles. The van der Waals surface area contributed by atoms with Crippen LogP contribution in [0.15, 0.2) is 12.3 Å². The molecule has 0 atom stereocenters. The van der Waals surface area contributed by atoms with Crippen molar-refractivity contribution in [1.82, 2.24) is 9.78 Å². The summed E-state index contributed by atoms with van der Waals surface area (Å²) in [4.78, 5) is 0. The van der Waals surface area contributed by atoms with Crippen LogP contribution in [0.2, 0.25) is 0 Å². The van der Waals surface area contributed by atoms with Crippen molar-refractivity contribution in [2.75, 3.05) is 0 Å². The van der Waals surface area contributed by atoms with E-state index in [9.17, 15) is 0 Å². The Labute approximate surface area is 72.0 Å². The zero-order valence-corrected chi connectivity index (χ0v) is 7.11. The zero-order valence-electron chi connectivity index (χ0n) is 7.11. The van der Waals surface area contributed by atoms with Crippen LogP contribution >= 0.6 is 0 Å². The predicted molar refractivity (Wildman–Crippen MR) is 45.5 cm³/mol. The van der Waals surface area contributed by atoms with Gasteiger partial charge in [-0.15, -0.1) is 0 Å². The second kappa shape index (κ2) is 3.27. The van der Waals surface area contributed by atoms with E-state index in [-0.39, 0.29) is 6.61 Å². The number of aromatic nitrogens is 2. The summed E-state index contributed by atoms with van der Waals surface area (Å²) in [7, 11) is 0. The lowest BCUT2D eigenvalue weighted by molar-refractivity contribution is 0.256. The minimum absolute atomic E-state index is 0.0532. The Morgan fingerprint density at radius 3 is 2.92 bits per heavy atom. The SMILES string of the molecule is OCc1ccn(CC2CCC2)n1. The van der Waals surface area contributed by atoms with Crippen molar-refractivity contribution in [2.24, 2.45) is 5.92 Å². The fourth-order valence-corrected chi connectivity index (χ4v) is 1.53. The number of aliphatic hydroxyl groups is 1. The maximum atomic E-state index is 8.78. The smallest absolute Gasteiger partial charge is 0.0878 e. The molecule has 0 bridgehead atoms. The predicted octanol–water partition coefficient (Wildman–Crippen LogP) is 1.18. The maximum Gasteiger partial charge on any atom is 0.0878 e. The van der Waals surface area contributed by atoms with Gasteiger partial charge < -0.3 is 5.11 Å². The second-order valence-electron chi connectivity index (χ2n) is 3.48. The lowest BCUT2D eigenvalue weighted by Crippen LogP contribution is -2.18. The number of hydrogen-bond donors (Lipinski definition) is 1. The summed E-state index contributed by atoms with van der Waals surface area (Å²) in [6.07, 6.45) is 6.01. The van der Waals surface area contributed by atoms with E-state index in [1.165, 1.54) is 19.3 Å². The first-order valence-corrected chi connectivity index (χ1v) is 4.51. The number of rotatable bonds is 3. The van der Waals surface area contributed by atoms with Crippen LogP contribution in [0.25, 0.3) is 0 Å². The molecule has 0 radical (unpaired) electrons. The van der Waals surface area contributed by atoms with Gasteiger partial charge in [-0.05, 0) is 24.8 Å². The summed E-state index contributed by atoms with van der Waals surface area (Å²) < 4.78 is 1.94. The largest absolute Gasteiger partial charge is 0.390 e. The number of aliphatic hydroxyl groups excluding tert-OH is 1. The van der Waals surface area contributed by atoms with E-state index in [0.717, 1.165) is 18.2 Å². The average Bonchev–Trinajstić information content (AvgIpc) is 2.44. The summed E-state index contributed by atoms with van der Waals surface area (Å²) in [6, 6.07) is 1.87. The highest BCUT2D eigenvalue weighted by Crippen LogP contribution is 2.27. The molecule has 0 spiro atoms. The molecule has 1 N–H and O–H groups in total. The van der Waals surface area contributed by atoms with Crippen LogP contribution in [0.1, 0.15) is 25.0 Å². The summed E-state index contributed by atoms with van der Waals surface area (Å²) in [6.45, 7) is 1.08. The molecule has 2 rings (SSSR count). The third-order valence-electron chi connectivity index (χ3n) is 2.53. The first-order valence-electron chi connectivity index (χ1n) is 4.51. The average molecular weight is 166 g/mol. The van der Waals surface area contributed by atoms with Crippen molar-refractivity contribution in [1.29, 1.82) is 0 Å². The van der Waals surface area contributed by atoms with Gasteiger partial charge in [0.2, 0.25) is 0 Å². The van der Waals surface area contributed by atoms with Gasteiger partial charge >= 0.3 is 0 Å². The van der Waals surface area contributed by atoms with Crippen molar-refractivity contribution in [2.45, 2.75) is 32.4 Å². The quantitative estimate of drug-likeness (QED) is 0.732. The lowest BCUT2D eigenvalue weighted by atomic mass is 9.85. The molecular weight excluding hydrogens is 152 g/mol. The van der Waals surface area contributed by atoms with Gasteiger partial charge in [0.15, 0.2) is 0 Å². The van der Waals surface area contributed by atoms with Crippen LogP contribution in [0.3, 0.4) is 0 Å². The molecule has 0 amide bonds. The molecule has 12 heavy (non-hydrogen) atoms. The Morgan fingerprint density at radius 1 is 1.58 bits per heavy atom. The van der Waals surface area contributed by atoms with E-state index in [0.29, 0.717) is 0 Å². The topological polar surface area (TPSA) is 38.0 Å². The molecule has 1 aliphatic rings. The van der Waals surface area contributed by atoms with Gasteiger partial charge in [-0.3, -0.25) is 4.68 Å². The van der Waals surface area contributed by atoms with Gasteiger partial charge in [0.1, 0.15) is 0 Å². The van der Waals surface area contributed by atoms with Crippen LogP contribution in [0, 0.1) is 5.92 Å². The van der Waals surface area contributed by atoms with Crippen molar-refractivity contribution >= 4 is 0 Å². The third kappa shape index (κ3) is 1.50. The molecule has 1 saturated carbocycles. The minimum Gasteiger partial charge on any atom is -0.390 e. The molecule has 1 heterocycles. The van der Waals surface area contributed by atoms with Crippen LogP contribution in [0.5, 0.6) is 0 Å². The molecule has 1 aliphatic carbocycles. The molecular formula is C9H14N2O. The first-order chi connectivity index (χ1) is 5.88. The first kappa shape index (κ1) is 7.80. The summed E-state index contributed by atoms with van der Waals surface area (Å²) in [5, 5.41) is 13.0. The van der Waals surface area contributed by atoms with E-state index in [1.54, 1.807) is 0 Å². The molecule has 0 saturated heterocycles. The molecule has 0 aliphatic heterocycles. The van der Waals surface area contributed by atoms with Crippen molar-refractivity contribution in [3.8, 4) is 0 Å². The van der Waals surface area contributed by atoms with Gasteiger partial charge in [-0.25, -0.2) is 0 Å². The molecule has 66 valence electrons. The Hall–Kier alpha value is -0.830. The molecule has 1 aromatic rings. The highest BCUT2D eigenvalue weighted by Gasteiger charge is 2.17. The standard InChI is InChI=1S/C9H14N2O/c12-7-9-4-5-11(10-9)6-8-2-1-3-8/h4-5,8,12H,1-3,6-7H2. The van der Waals surface area contributed by atoms with Crippen molar-refractivity contribution < 1.29 is 5.11 Å². The normalized spacial score (nSPS) is 17.8. The third-order valence-corrected chi connectivity index (χ3v) is 2.53. The van der Waals surface area contributed by atoms with Crippen LogP contribution in [-0.2, 0) is 13.2 Å². The van der Waals surface area contributed by atoms with Gasteiger partial charge in [0, 0.05) is 12.7 Å². The highest BCUT2D eigenvalue weighted by atomic mass is 16.3. The van der Waals surface area contributed by atoms with Crippen molar-refractivity contribution in [3.63, 3.8) is 0 Å². The molecule has 3 heteroatoms. The van der Waals surface area contributed by atoms with Crippen molar-refractivity contribution in [3.05, 3.63) is 18.0 Å². The van der Waals surface area contributed by atoms with Gasteiger partial charge in [-0.2, -0.15) is 5.10 Å². The van der Waals surface area contributed by atoms with E-state index < -0.39 is 0 Å². The molecule has 1 aromatic heterocycles. The maximum absolute atomic E-state index is 8.78. The summed E-state index contributed by atoms with van der Waals surface area (Å²) in [5.74, 6) is 0.830. The number of hydrogen-bond acceptors (Lipinski definition) is 2. The summed E-state index contributed by atoms with van der Waals surface area (Å²) in [5.41, 5.74) is 0.773. The van der Waals surface area contributed by atoms with E-state index in [4.69, 9.17) is 5.11 Å². The Kier molecular flexibility index (Phi) is 2.13. The van der Waals surface area contributed by atoms with Crippen LogP contribution in [-0.4, -0.2) is 14.9 Å². The molecule has 3 nitrogen and oxygen atoms in total. The van der Waals surface area contributed by atoms with Gasteiger partial charge in [-0.1, -0.05) is 6.42 Å². The monoisotopic (exact) mass is 166 g/mol. The lowest BCUT2D eigenvalue weighted by Gasteiger charge is -2.24. The Balaban J connectivity index is 1.93. The highest BCUT2D eigenvalue weighted by molar-refractivity contribution is 4.96. The van der Waals surface area contributed by atoms with Crippen LogP contribution < -0.4 is 0 Å². The fourth-order valence-electron chi connectivity index (χ4n) is 1.53. The van der Waals surface area contributed by atoms with E-state index in [2.05, 4.69) is 5.10 Å². The molecule has 0 unspecified atom stereocenters. The Morgan fingerprint density at radius 2 is 2.42 bits per heavy atom. The Bertz CT molecular complexity index is 253. The molecule has 1 fully saturated rings. The number of nitrogens with zero attached hydrogens (tertiary/aromatic N) is 2. The second-order valence-corrected chi connectivity index (χ2v) is 3.48.